The summed E-state index contributed by atoms with van der Waals surface area (Å²) in [7, 11) is 0. The number of aryl methyl sites for hydroxylation is 1. The van der Waals surface area contributed by atoms with Crippen molar-refractivity contribution in [1.29, 1.82) is 0 Å². The molecule has 0 aliphatic carbocycles. The standard InChI is InChI=1S/C17H27N3/c1-14-4-3-5-17(15(14)2)20-10-8-19(9-11-20)7-6-16-12-18-13-16/h3-5,16,18H,6-13H2,1-2H3. The highest BCUT2D eigenvalue weighted by atomic mass is 15.3. The molecule has 2 saturated heterocycles. The van der Waals surface area contributed by atoms with Crippen molar-refractivity contribution < 1.29 is 0 Å². The topological polar surface area (TPSA) is 18.5 Å². The first-order valence-corrected chi connectivity index (χ1v) is 7.98. The summed E-state index contributed by atoms with van der Waals surface area (Å²) in [4.78, 5) is 5.20. The van der Waals surface area contributed by atoms with Gasteiger partial charge in [0.05, 0.1) is 0 Å². The number of rotatable bonds is 4. The quantitative estimate of drug-likeness (QED) is 0.905. The molecule has 110 valence electrons. The molecule has 0 radical (unpaired) electrons. The van der Waals surface area contributed by atoms with E-state index < -0.39 is 0 Å². The first-order chi connectivity index (χ1) is 9.74. The summed E-state index contributed by atoms with van der Waals surface area (Å²) in [5.41, 5.74) is 4.29. The van der Waals surface area contributed by atoms with Crippen LogP contribution < -0.4 is 10.2 Å². The molecule has 0 unspecified atom stereocenters. The second-order valence-electron chi connectivity index (χ2n) is 6.36. The molecule has 2 fully saturated rings. The summed E-state index contributed by atoms with van der Waals surface area (Å²) in [6.07, 6.45) is 1.37. The molecule has 0 spiro atoms. The fourth-order valence-corrected chi connectivity index (χ4v) is 3.21. The van der Waals surface area contributed by atoms with Crippen LogP contribution in [0, 0.1) is 19.8 Å². The monoisotopic (exact) mass is 273 g/mol. The SMILES string of the molecule is Cc1cccc(N2CCN(CCC3CNC3)CC2)c1C. The van der Waals surface area contributed by atoms with Crippen LogP contribution in [0.2, 0.25) is 0 Å². The minimum atomic E-state index is 0.937. The van der Waals surface area contributed by atoms with Gasteiger partial charge in [0.2, 0.25) is 0 Å². The Balaban J connectivity index is 1.51. The molecule has 2 aliphatic rings. The van der Waals surface area contributed by atoms with Gasteiger partial charge in [0, 0.05) is 31.9 Å². The van der Waals surface area contributed by atoms with E-state index in [1.54, 1.807) is 0 Å². The van der Waals surface area contributed by atoms with E-state index in [0.717, 1.165) is 5.92 Å². The van der Waals surface area contributed by atoms with Gasteiger partial charge in [-0.2, -0.15) is 0 Å². The van der Waals surface area contributed by atoms with Crippen LogP contribution in [0.4, 0.5) is 5.69 Å². The second kappa shape index (κ2) is 6.15. The molecular weight excluding hydrogens is 246 g/mol. The molecule has 20 heavy (non-hydrogen) atoms. The Labute approximate surface area is 123 Å². The molecule has 0 aromatic heterocycles. The van der Waals surface area contributed by atoms with Crippen LogP contribution in [0.5, 0.6) is 0 Å². The Morgan fingerprint density at radius 2 is 1.85 bits per heavy atom. The third kappa shape index (κ3) is 2.99. The van der Waals surface area contributed by atoms with Crippen molar-refractivity contribution >= 4 is 5.69 Å². The number of nitrogens with one attached hydrogen (secondary N) is 1. The fraction of sp³-hybridized carbons (Fsp3) is 0.647. The summed E-state index contributed by atoms with van der Waals surface area (Å²) in [6.45, 7) is 13.0. The van der Waals surface area contributed by atoms with E-state index in [0.29, 0.717) is 0 Å². The third-order valence-corrected chi connectivity index (χ3v) is 5.01. The molecule has 3 heteroatoms. The van der Waals surface area contributed by atoms with Crippen molar-refractivity contribution in [3.63, 3.8) is 0 Å². The van der Waals surface area contributed by atoms with Gasteiger partial charge in [-0.15, -0.1) is 0 Å². The first-order valence-electron chi connectivity index (χ1n) is 7.98. The summed E-state index contributed by atoms with van der Waals surface area (Å²) in [5, 5.41) is 3.36. The number of hydrogen-bond acceptors (Lipinski definition) is 3. The zero-order valence-electron chi connectivity index (χ0n) is 12.9. The van der Waals surface area contributed by atoms with Crippen LogP contribution in [-0.2, 0) is 0 Å². The highest BCUT2D eigenvalue weighted by Crippen LogP contribution is 2.24. The molecule has 2 heterocycles. The summed E-state index contributed by atoms with van der Waals surface area (Å²) in [5.74, 6) is 0.937. The predicted molar refractivity (Wildman–Crippen MR) is 85.5 cm³/mol. The highest BCUT2D eigenvalue weighted by Gasteiger charge is 2.21. The zero-order valence-corrected chi connectivity index (χ0v) is 12.9. The van der Waals surface area contributed by atoms with E-state index in [1.165, 1.54) is 69.0 Å². The zero-order chi connectivity index (χ0) is 13.9. The molecule has 0 bridgehead atoms. The van der Waals surface area contributed by atoms with Crippen LogP contribution in [0.15, 0.2) is 18.2 Å². The molecule has 3 nitrogen and oxygen atoms in total. The van der Waals surface area contributed by atoms with Crippen molar-refractivity contribution in [2.75, 3.05) is 50.7 Å². The van der Waals surface area contributed by atoms with Gasteiger partial charge < -0.3 is 10.2 Å². The number of hydrogen-bond donors (Lipinski definition) is 1. The van der Waals surface area contributed by atoms with Crippen LogP contribution in [0.25, 0.3) is 0 Å². The van der Waals surface area contributed by atoms with Gasteiger partial charge >= 0.3 is 0 Å². The number of nitrogens with zero attached hydrogens (tertiary/aromatic N) is 2. The largest absolute Gasteiger partial charge is 0.369 e. The molecular formula is C17H27N3. The second-order valence-corrected chi connectivity index (χ2v) is 6.36. The smallest absolute Gasteiger partial charge is 0.0399 e. The van der Waals surface area contributed by atoms with Gasteiger partial charge in [-0.25, -0.2) is 0 Å². The molecule has 1 N–H and O–H groups in total. The van der Waals surface area contributed by atoms with E-state index in [-0.39, 0.29) is 0 Å². The number of piperazine rings is 1. The molecule has 1 aromatic rings. The van der Waals surface area contributed by atoms with Crippen LogP contribution in [0.3, 0.4) is 0 Å². The lowest BCUT2D eigenvalue weighted by Gasteiger charge is -2.38. The molecule has 2 aliphatic heterocycles. The van der Waals surface area contributed by atoms with Gasteiger partial charge in [-0.3, -0.25) is 4.90 Å². The Kier molecular flexibility index (Phi) is 4.27. The molecule has 3 rings (SSSR count). The minimum Gasteiger partial charge on any atom is -0.369 e. The summed E-state index contributed by atoms with van der Waals surface area (Å²) in [6, 6.07) is 6.67. The van der Waals surface area contributed by atoms with E-state index in [2.05, 4.69) is 47.2 Å². The Morgan fingerprint density at radius 1 is 1.10 bits per heavy atom. The highest BCUT2D eigenvalue weighted by molar-refractivity contribution is 5.56. The van der Waals surface area contributed by atoms with E-state index >= 15 is 0 Å². The van der Waals surface area contributed by atoms with Crippen molar-refractivity contribution in [2.45, 2.75) is 20.3 Å². The fourth-order valence-electron chi connectivity index (χ4n) is 3.21. The number of anilines is 1. The predicted octanol–water partition coefficient (Wildman–Crippen LogP) is 2.03. The minimum absolute atomic E-state index is 0.937. The summed E-state index contributed by atoms with van der Waals surface area (Å²) >= 11 is 0. The lowest BCUT2D eigenvalue weighted by molar-refractivity contribution is 0.216. The van der Waals surface area contributed by atoms with Gasteiger partial charge in [-0.05, 0) is 63.0 Å². The first kappa shape index (κ1) is 13.9. The Morgan fingerprint density at radius 3 is 2.50 bits per heavy atom. The van der Waals surface area contributed by atoms with Gasteiger partial charge in [0.25, 0.3) is 0 Å². The van der Waals surface area contributed by atoms with Crippen molar-refractivity contribution in [3.05, 3.63) is 29.3 Å². The van der Waals surface area contributed by atoms with Crippen molar-refractivity contribution in [1.82, 2.24) is 10.2 Å². The molecule has 0 saturated carbocycles. The lowest BCUT2D eigenvalue weighted by atomic mass is 9.99. The molecule has 0 atom stereocenters. The van der Waals surface area contributed by atoms with E-state index in [1.807, 2.05) is 0 Å². The maximum absolute atomic E-state index is 3.36. The van der Waals surface area contributed by atoms with Gasteiger partial charge in [0.1, 0.15) is 0 Å². The van der Waals surface area contributed by atoms with Crippen LogP contribution in [0.1, 0.15) is 17.5 Å². The molecule has 0 amide bonds. The lowest BCUT2D eigenvalue weighted by Crippen LogP contribution is -2.49. The maximum Gasteiger partial charge on any atom is 0.0399 e. The average Bonchev–Trinajstić information content (AvgIpc) is 2.41. The third-order valence-electron chi connectivity index (χ3n) is 5.01. The molecule has 1 aromatic carbocycles. The average molecular weight is 273 g/mol. The Hall–Kier alpha value is -1.06. The maximum atomic E-state index is 3.36. The van der Waals surface area contributed by atoms with Crippen LogP contribution >= 0.6 is 0 Å². The number of benzene rings is 1. The normalized spacial score (nSPS) is 21.0. The van der Waals surface area contributed by atoms with E-state index in [4.69, 9.17) is 0 Å². The summed E-state index contributed by atoms with van der Waals surface area (Å²) < 4.78 is 0. The van der Waals surface area contributed by atoms with Crippen LogP contribution in [-0.4, -0.2) is 50.7 Å². The van der Waals surface area contributed by atoms with E-state index in [9.17, 15) is 0 Å². The van der Waals surface area contributed by atoms with Gasteiger partial charge in [0.15, 0.2) is 0 Å². The van der Waals surface area contributed by atoms with Crippen molar-refractivity contribution in [2.24, 2.45) is 5.92 Å². The van der Waals surface area contributed by atoms with Gasteiger partial charge in [-0.1, -0.05) is 12.1 Å². The Bertz CT molecular complexity index is 446. The van der Waals surface area contributed by atoms with Crippen molar-refractivity contribution in [3.8, 4) is 0 Å².